The van der Waals surface area contributed by atoms with Gasteiger partial charge in [-0.15, -0.1) is 0 Å². The summed E-state index contributed by atoms with van der Waals surface area (Å²) in [4.78, 5) is 5.59. The highest BCUT2D eigenvalue weighted by Crippen LogP contribution is 2.24. The predicted octanol–water partition coefficient (Wildman–Crippen LogP) is 1.12. The number of likely N-dealkylation sites (N-methyl/N-ethyl adjacent to an activating group) is 1. The van der Waals surface area contributed by atoms with Gasteiger partial charge in [0.25, 0.3) is 0 Å². The van der Waals surface area contributed by atoms with E-state index in [-0.39, 0.29) is 0 Å². The van der Waals surface area contributed by atoms with Crippen molar-refractivity contribution in [2.24, 2.45) is 0 Å². The van der Waals surface area contributed by atoms with Gasteiger partial charge in [0, 0.05) is 50.3 Å². The molecule has 0 aliphatic carbocycles. The maximum absolute atomic E-state index is 12.7. The van der Waals surface area contributed by atoms with E-state index in [0.717, 1.165) is 43.8 Å². The highest BCUT2D eigenvalue weighted by molar-refractivity contribution is 7.89. The zero-order chi connectivity index (χ0) is 15.6. The smallest absolute Gasteiger partial charge is 0.244 e. The Bertz CT molecular complexity index is 735. The third-order valence-electron chi connectivity index (χ3n) is 4.07. The lowest BCUT2D eigenvalue weighted by molar-refractivity contribution is 0.0368. The first kappa shape index (κ1) is 15.5. The van der Waals surface area contributed by atoms with Gasteiger partial charge in [-0.3, -0.25) is 4.90 Å². The molecule has 0 amide bonds. The molecule has 2 heterocycles. The van der Waals surface area contributed by atoms with Crippen molar-refractivity contribution in [2.45, 2.75) is 4.90 Å². The predicted molar refractivity (Wildman–Crippen MR) is 85.4 cm³/mol. The van der Waals surface area contributed by atoms with E-state index in [1.807, 2.05) is 24.3 Å². The molecule has 1 aromatic carbocycles. The number of H-pyrrole nitrogens is 1. The van der Waals surface area contributed by atoms with Crippen molar-refractivity contribution in [3.8, 4) is 0 Å². The van der Waals surface area contributed by atoms with Crippen LogP contribution in [0.25, 0.3) is 10.9 Å². The van der Waals surface area contributed by atoms with Gasteiger partial charge in [0.05, 0.1) is 13.2 Å². The van der Waals surface area contributed by atoms with Crippen LogP contribution in [0.4, 0.5) is 0 Å². The molecule has 6 nitrogen and oxygen atoms in total. The van der Waals surface area contributed by atoms with E-state index in [1.165, 1.54) is 4.31 Å². The van der Waals surface area contributed by atoms with Crippen LogP contribution in [0.15, 0.2) is 35.4 Å². The number of nitrogens with zero attached hydrogens (tertiary/aromatic N) is 2. The molecule has 0 unspecified atom stereocenters. The Balaban J connectivity index is 1.74. The number of rotatable bonds is 5. The van der Waals surface area contributed by atoms with Gasteiger partial charge in [-0.25, -0.2) is 8.42 Å². The second kappa shape index (κ2) is 6.37. The summed E-state index contributed by atoms with van der Waals surface area (Å²) in [5.41, 5.74) is 0.836. The molecule has 1 fully saturated rings. The fraction of sp³-hybridized carbons (Fsp3) is 0.467. The lowest BCUT2D eigenvalue weighted by atomic mass is 10.2. The number of aromatic amines is 1. The first-order chi connectivity index (χ1) is 10.6. The van der Waals surface area contributed by atoms with Crippen LogP contribution >= 0.6 is 0 Å². The fourth-order valence-electron chi connectivity index (χ4n) is 2.65. The molecule has 7 heteroatoms. The molecule has 0 bridgehead atoms. The van der Waals surface area contributed by atoms with E-state index in [1.54, 1.807) is 13.2 Å². The number of para-hydroxylation sites is 1. The number of aromatic nitrogens is 1. The van der Waals surface area contributed by atoms with Crippen LogP contribution in [-0.2, 0) is 14.8 Å². The molecule has 3 rings (SSSR count). The first-order valence-electron chi connectivity index (χ1n) is 7.41. The molecule has 120 valence electrons. The van der Waals surface area contributed by atoms with E-state index in [2.05, 4.69) is 9.88 Å². The molecule has 1 saturated heterocycles. The van der Waals surface area contributed by atoms with Crippen molar-refractivity contribution >= 4 is 20.9 Å². The number of hydrogen-bond donors (Lipinski definition) is 1. The van der Waals surface area contributed by atoms with Crippen molar-refractivity contribution in [3.05, 3.63) is 30.5 Å². The number of sulfonamides is 1. The summed E-state index contributed by atoms with van der Waals surface area (Å²) in [5.74, 6) is 0. The highest BCUT2D eigenvalue weighted by Gasteiger charge is 2.24. The molecule has 0 radical (unpaired) electrons. The summed E-state index contributed by atoms with van der Waals surface area (Å²) in [6.45, 7) is 4.36. The van der Waals surface area contributed by atoms with Crippen LogP contribution in [0.3, 0.4) is 0 Å². The molecular weight excluding hydrogens is 302 g/mol. The molecule has 22 heavy (non-hydrogen) atoms. The lowest BCUT2D eigenvalue weighted by Gasteiger charge is -2.28. The molecule has 1 aliphatic rings. The number of morpholine rings is 1. The van der Waals surface area contributed by atoms with E-state index in [4.69, 9.17) is 4.74 Å². The topological polar surface area (TPSA) is 65.6 Å². The molecule has 0 saturated carbocycles. The summed E-state index contributed by atoms with van der Waals surface area (Å²) < 4.78 is 32.2. The van der Waals surface area contributed by atoms with Gasteiger partial charge in [-0.2, -0.15) is 4.31 Å². The van der Waals surface area contributed by atoms with Crippen molar-refractivity contribution < 1.29 is 13.2 Å². The Morgan fingerprint density at radius 1 is 1.27 bits per heavy atom. The molecule has 1 N–H and O–H groups in total. The molecule has 2 aromatic rings. The van der Waals surface area contributed by atoms with Crippen LogP contribution in [0, 0.1) is 0 Å². The molecule has 0 spiro atoms. The average molecular weight is 323 g/mol. The van der Waals surface area contributed by atoms with Crippen LogP contribution in [0.5, 0.6) is 0 Å². The van der Waals surface area contributed by atoms with E-state index in [0.29, 0.717) is 11.4 Å². The third kappa shape index (κ3) is 3.03. The standard InChI is InChI=1S/C15H21N3O3S/c1-17(6-7-18-8-10-21-11-9-18)22(19,20)15-12-16-14-5-3-2-4-13(14)15/h2-5,12,16H,6-11H2,1H3. The minimum Gasteiger partial charge on any atom is -0.379 e. The van der Waals surface area contributed by atoms with Crippen molar-refractivity contribution in [1.29, 1.82) is 0 Å². The van der Waals surface area contributed by atoms with Crippen molar-refractivity contribution in [1.82, 2.24) is 14.2 Å². The van der Waals surface area contributed by atoms with E-state index in [9.17, 15) is 8.42 Å². The summed E-state index contributed by atoms with van der Waals surface area (Å²) in [6.07, 6.45) is 1.57. The Kier molecular flexibility index (Phi) is 4.49. The summed E-state index contributed by atoms with van der Waals surface area (Å²) in [5, 5.41) is 0.737. The van der Waals surface area contributed by atoms with Crippen LogP contribution in [-0.4, -0.2) is 69.0 Å². The number of nitrogens with one attached hydrogen (secondary N) is 1. The van der Waals surface area contributed by atoms with Crippen molar-refractivity contribution in [2.75, 3.05) is 46.4 Å². The maximum atomic E-state index is 12.7. The number of benzene rings is 1. The SMILES string of the molecule is CN(CCN1CCOCC1)S(=O)(=O)c1c[nH]c2ccccc12. The Morgan fingerprint density at radius 2 is 2.00 bits per heavy atom. The Labute approximate surface area is 130 Å². The highest BCUT2D eigenvalue weighted by atomic mass is 32.2. The van der Waals surface area contributed by atoms with Gasteiger partial charge in [-0.05, 0) is 6.07 Å². The largest absolute Gasteiger partial charge is 0.379 e. The van der Waals surface area contributed by atoms with Crippen molar-refractivity contribution in [3.63, 3.8) is 0 Å². The zero-order valence-electron chi connectivity index (χ0n) is 12.7. The summed E-state index contributed by atoms with van der Waals surface area (Å²) >= 11 is 0. The quantitative estimate of drug-likeness (QED) is 0.895. The summed E-state index contributed by atoms with van der Waals surface area (Å²) in [7, 11) is -1.84. The van der Waals surface area contributed by atoms with E-state index >= 15 is 0 Å². The molecular formula is C15H21N3O3S. The Morgan fingerprint density at radius 3 is 2.77 bits per heavy atom. The maximum Gasteiger partial charge on any atom is 0.244 e. The molecule has 1 aliphatic heterocycles. The van der Waals surface area contributed by atoms with Gasteiger partial charge in [0.1, 0.15) is 4.90 Å². The van der Waals surface area contributed by atoms with Gasteiger partial charge < -0.3 is 9.72 Å². The molecule has 0 atom stereocenters. The lowest BCUT2D eigenvalue weighted by Crippen LogP contribution is -2.41. The average Bonchev–Trinajstić information content (AvgIpc) is 2.98. The van der Waals surface area contributed by atoms with Gasteiger partial charge >= 0.3 is 0 Å². The number of hydrogen-bond acceptors (Lipinski definition) is 4. The number of ether oxygens (including phenoxy) is 1. The van der Waals surface area contributed by atoms with Gasteiger partial charge in [-0.1, -0.05) is 18.2 Å². The third-order valence-corrected chi connectivity index (χ3v) is 5.97. The van der Waals surface area contributed by atoms with Gasteiger partial charge in [0.15, 0.2) is 0 Å². The Hall–Kier alpha value is -1.41. The fourth-order valence-corrected chi connectivity index (χ4v) is 3.97. The van der Waals surface area contributed by atoms with Crippen LogP contribution < -0.4 is 0 Å². The normalized spacial score (nSPS) is 17.4. The second-order valence-corrected chi connectivity index (χ2v) is 7.49. The minimum absolute atomic E-state index is 0.340. The minimum atomic E-state index is -3.48. The zero-order valence-corrected chi connectivity index (χ0v) is 13.5. The molecule has 1 aromatic heterocycles. The van der Waals surface area contributed by atoms with Crippen LogP contribution in [0.2, 0.25) is 0 Å². The van der Waals surface area contributed by atoms with Crippen LogP contribution in [0.1, 0.15) is 0 Å². The summed E-state index contributed by atoms with van der Waals surface area (Å²) in [6, 6.07) is 7.44. The number of fused-ring (bicyclic) bond motifs is 1. The second-order valence-electron chi connectivity index (χ2n) is 5.48. The van der Waals surface area contributed by atoms with E-state index < -0.39 is 10.0 Å². The first-order valence-corrected chi connectivity index (χ1v) is 8.85. The monoisotopic (exact) mass is 323 g/mol. The van der Waals surface area contributed by atoms with Gasteiger partial charge in [0.2, 0.25) is 10.0 Å².